The van der Waals surface area contributed by atoms with E-state index >= 15 is 0 Å². The van der Waals surface area contributed by atoms with Gasteiger partial charge in [0.2, 0.25) is 5.91 Å². The van der Waals surface area contributed by atoms with Gasteiger partial charge in [-0.25, -0.2) is 0 Å². The van der Waals surface area contributed by atoms with E-state index in [-0.39, 0.29) is 24.7 Å². The molecule has 0 bridgehead atoms. The monoisotopic (exact) mass is 319 g/mol. The number of nitrogens with zero attached hydrogens (tertiary/aromatic N) is 1. The number of hydrogen-bond acceptors (Lipinski definition) is 4. The molecule has 0 radical (unpaired) electrons. The van der Waals surface area contributed by atoms with Crippen molar-refractivity contribution in [3.05, 3.63) is 29.8 Å². The Bertz CT molecular complexity index is 522. The molecule has 0 aromatic heterocycles. The Hall–Kier alpha value is -1.59. The van der Waals surface area contributed by atoms with Crippen LogP contribution in [0.15, 0.2) is 24.3 Å². The van der Waals surface area contributed by atoms with Gasteiger partial charge in [-0.2, -0.15) is 0 Å². The zero-order chi connectivity index (χ0) is 16.1. The molecule has 2 aliphatic rings. The lowest BCUT2D eigenvalue weighted by Gasteiger charge is -2.39. The molecule has 1 aromatic rings. The summed E-state index contributed by atoms with van der Waals surface area (Å²) in [5.74, 6) is 0.931. The number of likely N-dealkylation sites (tertiary alicyclic amines) is 1. The molecule has 2 saturated heterocycles. The van der Waals surface area contributed by atoms with E-state index in [4.69, 9.17) is 14.2 Å². The van der Waals surface area contributed by atoms with E-state index in [1.807, 2.05) is 31.2 Å². The minimum absolute atomic E-state index is 0.0328. The summed E-state index contributed by atoms with van der Waals surface area (Å²) in [6, 6.07) is 7.95. The summed E-state index contributed by atoms with van der Waals surface area (Å²) >= 11 is 0. The maximum Gasteiger partial charge on any atom is 0.248 e. The van der Waals surface area contributed by atoms with Crippen LogP contribution in [0.5, 0.6) is 5.75 Å². The molecule has 23 heavy (non-hydrogen) atoms. The fourth-order valence-electron chi connectivity index (χ4n) is 2.89. The number of benzene rings is 1. The average molecular weight is 319 g/mol. The summed E-state index contributed by atoms with van der Waals surface area (Å²) in [6.45, 7) is 4.76. The van der Waals surface area contributed by atoms with Crippen LogP contribution < -0.4 is 4.74 Å². The Morgan fingerprint density at radius 3 is 2.87 bits per heavy atom. The lowest BCUT2D eigenvalue weighted by atomic mass is 10.1. The third-order valence-electron chi connectivity index (χ3n) is 4.39. The molecule has 2 aliphatic heterocycles. The number of hydrogen-bond donors (Lipinski definition) is 0. The smallest absolute Gasteiger partial charge is 0.248 e. The summed E-state index contributed by atoms with van der Waals surface area (Å²) in [6.07, 6.45) is 3.59. The molecule has 0 N–H and O–H groups in total. The van der Waals surface area contributed by atoms with Crippen LogP contribution >= 0.6 is 0 Å². The molecule has 0 unspecified atom stereocenters. The Labute approximate surface area is 137 Å². The molecule has 0 aliphatic carbocycles. The van der Waals surface area contributed by atoms with Crippen molar-refractivity contribution in [2.45, 2.75) is 38.4 Å². The lowest BCUT2D eigenvalue weighted by molar-refractivity contribution is -0.146. The van der Waals surface area contributed by atoms with Crippen LogP contribution in [0.2, 0.25) is 0 Å². The molecule has 126 valence electrons. The summed E-state index contributed by atoms with van der Waals surface area (Å²) in [4.78, 5) is 13.8. The predicted octanol–water partition coefficient (Wildman–Crippen LogP) is 2.17. The minimum atomic E-state index is 0.0328. The molecule has 3 rings (SSSR count). The summed E-state index contributed by atoms with van der Waals surface area (Å²) in [5.41, 5.74) is 1.12. The second kappa shape index (κ2) is 7.79. The van der Waals surface area contributed by atoms with Crippen LogP contribution in [-0.4, -0.2) is 55.9 Å². The molecule has 5 heteroatoms. The maximum absolute atomic E-state index is 12.0. The number of rotatable bonds is 6. The van der Waals surface area contributed by atoms with Gasteiger partial charge in [-0.1, -0.05) is 18.2 Å². The summed E-state index contributed by atoms with van der Waals surface area (Å²) in [5, 5.41) is 0. The highest BCUT2D eigenvalue weighted by Crippen LogP contribution is 2.21. The van der Waals surface area contributed by atoms with E-state index in [1.165, 1.54) is 6.42 Å². The van der Waals surface area contributed by atoms with Gasteiger partial charge in [0.15, 0.2) is 0 Å². The van der Waals surface area contributed by atoms with Crippen LogP contribution in [0.1, 0.15) is 24.8 Å². The first-order chi connectivity index (χ1) is 11.2. The minimum Gasteiger partial charge on any atom is -0.486 e. The molecule has 0 spiro atoms. The number of carbonyl (C=O) groups is 1. The van der Waals surface area contributed by atoms with E-state index in [0.29, 0.717) is 19.7 Å². The highest BCUT2D eigenvalue weighted by atomic mass is 16.5. The second-order valence-corrected chi connectivity index (χ2v) is 6.31. The fraction of sp³-hybridized carbons (Fsp3) is 0.611. The SMILES string of the molecule is Cc1ccccc1OC1CN(C(=O)COC[C@H]2CCCCO2)C1. The molecular formula is C18H25NO4. The van der Waals surface area contributed by atoms with Crippen molar-refractivity contribution in [1.82, 2.24) is 4.90 Å². The topological polar surface area (TPSA) is 48.0 Å². The second-order valence-electron chi connectivity index (χ2n) is 6.31. The molecule has 2 fully saturated rings. The van der Waals surface area contributed by atoms with Crippen LogP contribution in [0.25, 0.3) is 0 Å². The van der Waals surface area contributed by atoms with Crippen molar-refractivity contribution in [2.75, 3.05) is 32.9 Å². The van der Waals surface area contributed by atoms with Crippen molar-refractivity contribution in [1.29, 1.82) is 0 Å². The van der Waals surface area contributed by atoms with Gasteiger partial charge < -0.3 is 19.1 Å². The fourth-order valence-corrected chi connectivity index (χ4v) is 2.89. The van der Waals surface area contributed by atoms with E-state index in [9.17, 15) is 4.79 Å². The first kappa shape index (κ1) is 16.3. The van der Waals surface area contributed by atoms with Gasteiger partial charge in [-0.3, -0.25) is 4.79 Å². The van der Waals surface area contributed by atoms with Crippen molar-refractivity contribution in [3.63, 3.8) is 0 Å². The summed E-state index contributed by atoms with van der Waals surface area (Å²) in [7, 11) is 0. The van der Waals surface area contributed by atoms with Gasteiger partial charge in [0, 0.05) is 6.61 Å². The molecule has 1 amide bonds. The van der Waals surface area contributed by atoms with E-state index in [0.717, 1.165) is 30.8 Å². The van der Waals surface area contributed by atoms with Crippen molar-refractivity contribution >= 4 is 5.91 Å². The average Bonchev–Trinajstić information content (AvgIpc) is 2.53. The zero-order valence-electron chi connectivity index (χ0n) is 13.7. The third-order valence-corrected chi connectivity index (χ3v) is 4.39. The van der Waals surface area contributed by atoms with Crippen molar-refractivity contribution < 1.29 is 19.0 Å². The predicted molar refractivity (Wildman–Crippen MR) is 86.6 cm³/mol. The van der Waals surface area contributed by atoms with Gasteiger partial charge in [0.1, 0.15) is 18.5 Å². The number of amides is 1. The van der Waals surface area contributed by atoms with E-state index in [1.54, 1.807) is 4.90 Å². The van der Waals surface area contributed by atoms with Crippen molar-refractivity contribution in [3.8, 4) is 5.75 Å². The molecule has 0 saturated carbocycles. The summed E-state index contributed by atoms with van der Waals surface area (Å²) < 4.78 is 17.0. The Balaban J connectivity index is 1.32. The van der Waals surface area contributed by atoms with Gasteiger partial charge in [0.05, 0.1) is 25.8 Å². The van der Waals surface area contributed by atoms with Crippen LogP contribution in [0, 0.1) is 6.92 Å². The Kier molecular flexibility index (Phi) is 5.51. The molecule has 1 aromatic carbocycles. The number of carbonyl (C=O) groups excluding carboxylic acids is 1. The quantitative estimate of drug-likeness (QED) is 0.806. The first-order valence-corrected chi connectivity index (χ1v) is 8.42. The molecule has 5 nitrogen and oxygen atoms in total. The van der Waals surface area contributed by atoms with Crippen LogP contribution in [0.4, 0.5) is 0 Å². The number of ether oxygens (including phenoxy) is 3. The zero-order valence-corrected chi connectivity index (χ0v) is 13.7. The highest BCUT2D eigenvalue weighted by molar-refractivity contribution is 5.78. The largest absolute Gasteiger partial charge is 0.486 e. The van der Waals surface area contributed by atoms with Gasteiger partial charge in [-0.05, 0) is 37.8 Å². The van der Waals surface area contributed by atoms with Gasteiger partial charge in [-0.15, -0.1) is 0 Å². The molecule has 1 atom stereocenters. The maximum atomic E-state index is 12.0. The van der Waals surface area contributed by atoms with E-state index in [2.05, 4.69) is 0 Å². The number of aryl methyl sites for hydroxylation is 1. The van der Waals surface area contributed by atoms with Gasteiger partial charge >= 0.3 is 0 Å². The molecular weight excluding hydrogens is 294 g/mol. The third kappa shape index (κ3) is 4.45. The van der Waals surface area contributed by atoms with E-state index < -0.39 is 0 Å². The highest BCUT2D eigenvalue weighted by Gasteiger charge is 2.32. The number of para-hydroxylation sites is 1. The standard InChI is InChI=1S/C18H25NO4/c1-14-6-2-3-8-17(14)23-16-10-19(11-16)18(20)13-21-12-15-7-4-5-9-22-15/h2-3,6,8,15-16H,4-5,7,9-13H2,1H3/t15-/m1/s1. The van der Waals surface area contributed by atoms with Crippen molar-refractivity contribution in [2.24, 2.45) is 0 Å². The first-order valence-electron chi connectivity index (χ1n) is 8.42. The van der Waals surface area contributed by atoms with Crippen LogP contribution in [-0.2, 0) is 14.3 Å². The Morgan fingerprint density at radius 1 is 1.30 bits per heavy atom. The normalized spacial score (nSPS) is 21.8. The van der Waals surface area contributed by atoms with Crippen LogP contribution in [0.3, 0.4) is 0 Å². The molecule has 2 heterocycles. The van der Waals surface area contributed by atoms with Gasteiger partial charge in [0.25, 0.3) is 0 Å². The Morgan fingerprint density at radius 2 is 2.13 bits per heavy atom. The lowest BCUT2D eigenvalue weighted by Crippen LogP contribution is -2.57.